The minimum atomic E-state index is -0.498. The van der Waals surface area contributed by atoms with E-state index in [1.807, 2.05) is 0 Å². The highest BCUT2D eigenvalue weighted by molar-refractivity contribution is 5.67. The lowest BCUT2D eigenvalue weighted by atomic mass is 10.2. The van der Waals surface area contributed by atoms with Crippen LogP contribution in [0.25, 0.3) is 0 Å². The number of carbonyl (C=O) groups excluding carboxylic acids is 1. The molecule has 1 unspecified atom stereocenters. The second-order valence-corrected chi connectivity index (χ2v) is 4.50. The van der Waals surface area contributed by atoms with Gasteiger partial charge in [-0.1, -0.05) is 0 Å². The Morgan fingerprint density at radius 1 is 1.69 bits per heavy atom. The van der Waals surface area contributed by atoms with Crippen molar-refractivity contribution in [2.75, 3.05) is 6.54 Å². The third-order valence-electron chi connectivity index (χ3n) is 1.78. The smallest absolute Gasteiger partial charge is 0.407 e. The number of imidazole rings is 1. The number of hydrogen-bond donors (Lipinski definition) is 3. The molecule has 1 aromatic rings. The molecule has 1 heterocycles. The molecule has 90 valence electrons. The molecule has 1 atom stereocenters. The molecule has 0 fully saturated rings. The first-order chi connectivity index (χ1) is 7.38. The molecule has 0 aromatic carbocycles. The molecule has 0 saturated heterocycles. The Labute approximate surface area is 94.6 Å². The van der Waals surface area contributed by atoms with Crippen LogP contribution in [0.15, 0.2) is 12.5 Å². The zero-order valence-corrected chi connectivity index (χ0v) is 9.78. The van der Waals surface area contributed by atoms with E-state index in [-0.39, 0.29) is 6.04 Å². The minimum absolute atomic E-state index is 0.303. The molecular weight excluding hydrogens is 208 g/mol. The van der Waals surface area contributed by atoms with Crippen molar-refractivity contribution in [1.82, 2.24) is 15.3 Å². The van der Waals surface area contributed by atoms with Gasteiger partial charge >= 0.3 is 6.09 Å². The average Bonchev–Trinajstić information content (AvgIpc) is 2.64. The van der Waals surface area contributed by atoms with E-state index >= 15 is 0 Å². The standard InChI is InChI=1S/C10H18N4O2/c1-10(2,3)16-9(15)13-4-7(11)8-5-12-6-14-8/h5-7H,4,11H2,1-3H3,(H,12,14)(H,13,15). The highest BCUT2D eigenvalue weighted by atomic mass is 16.6. The van der Waals surface area contributed by atoms with Crippen molar-refractivity contribution >= 4 is 6.09 Å². The molecule has 4 N–H and O–H groups in total. The van der Waals surface area contributed by atoms with Gasteiger partial charge in [-0.3, -0.25) is 0 Å². The Morgan fingerprint density at radius 3 is 2.88 bits per heavy atom. The summed E-state index contributed by atoms with van der Waals surface area (Å²) in [5, 5.41) is 2.59. The number of rotatable bonds is 3. The van der Waals surface area contributed by atoms with Crippen LogP contribution in [0.2, 0.25) is 0 Å². The van der Waals surface area contributed by atoms with Crippen LogP contribution in [-0.4, -0.2) is 28.2 Å². The fourth-order valence-electron chi connectivity index (χ4n) is 1.09. The average molecular weight is 226 g/mol. The summed E-state index contributed by atoms with van der Waals surface area (Å²) in [5.41, 5.74) is 6.09. The Balaban J connectivity index is 2.32. The van der Waals surface area contributed by atoms with Crippen molar-refractivity contribution in [2.45, 2.75) is 32.4 Å². The summed E-state index contributed by atoms with van der Waals surface area (Å²) in [6.45, 7) is 5.72. The van der Waals surface area contributed by atoms with Gasteiger partial charge in [-0.2, -0.15) is 0 Å². The number of H-pyrrole nitrogens is 1. The van der Waals surface area contributed by atoms with Crippen molar-refractivity contribution in [2.24, 2.45) is 5.73 Å². The second-order valence-electron chi connectivity index (χ2n) is 4.50. The van der Waals surface area contributed by atoms with Gasteiger partial charge in [0.05, 0.1) is 18.1 Å². The monoisotopic (exact) mass is 226 g/mol. The van der Waals surface area contributed by atoms with Crippen LogP contribution in [0.4, 0.5) is 4.79 Å². The largest absolute Gasteiger partial charge is 0.444 e. The minimum Gasteiger partial charge on any atom is -0.444 e. The summed E-state index contributed by atoms with van der Waals surface area (Å²) >= 11 is 0. The lowest BCUT2D eigenvalue weighted by molar-refractivity contribution is 0.0524. The molecule has 6 nitrogen and oxygen atoms in total. The van der Waals surface area contributed by atoms with Gasteiger partial charge in [-0.05, 0) is 20.8 Å². The summed E-state index contributed by atoms with van der Waals surface area (Å²) < 4.78 is 5.07. The summed E-state index contributed by atoms with van der Waals surface area (Å²) in [5.74, 6) is 0. The molecule has 0 aliphatic rings. The van der Waals surface area contributed by atoms with Gasteiger partial charge in [0.2, 0.25) is 0 Å². The first-order valence-electron chi connectivity index (χ1n) is 5.09. The van der Waals surface area contributed by atoms with Gasteiger partial charge in [-0.25, -0.2) is 9.78 Å². The number of carbonyl (C=O) groups is 1. The van der Waals surface area contributed by atoms with Gasteiger partial charge in [0.1, 0.15) is 5.60 Å². The molecule has 0 spiro atoms. The summed E-state index contributed by atoms with van der Waals surface area (Å²) in [4.78, 5) is 18.0. The number of ether oxygens (including phenoxy) is 1. The van der Waals surface area contributed by atoms with Crippen molar-refractivity contribution in [1.29, 1.82) is 0 Å². The third-order valence-corrected chi connectivity index (χ3v) is 1.78. The van der Waals surface area contributed by atoms with Gasteiger partial charge in [0.25, 0.3) is 0 Å². The van der Waals surface area contributed by atoms with E-state index in [0.717, 1.165) is 5.69 Å². The molecule has 6 heteroatoms. The molecule has 0 aliphatic heterocycles. The number of aromatic nitrogens is 2. The maximum absolute atomic E-state index is 11.3. The number of aromatic amines is 1. The van der Waals surface area contributed by atoms with E-state index in [1.165, 1.54) is 0 Å². The van der Waals surface area contributed by atoms with E-state index in [9.17, 15) is 4.79 Å². The molecule has 0 bridgehead atoms. The predicted octanol–water partition coefficient (Wildman–Crippen LogP) is 0.934. The van der Waals surface area contributed by atoms with E-state index in [0.29, 0.717) is 6.54 Å². The molecule has 1 rings (SSSR count). The van der Waals surface area contributed by atoms with Gasteiger partial charge in [-0.15, -0.1) is 0 Å². The number of hydrogen-bond acceptors (Lipinski definition) is 4. The lowest BCUT2D eigenvalue weighted by Gasteiger charge is -2.20. The number of nitrogens with zero attached hydrogens (tertiary/aromatic N) is 1. The third kappa shape index (κ3) is 4.31. The molecule has 0 saturated carbocycles. The van der Waals surface area contributed by atoms with Crippen LogP contribution in [0.1, 0.15) is 32.5 Å². The van der Waals surface area contributed by atoms with Crippen molar-refractivity contribution in [3.8, 4) is 0 Å². The number of alkyl carbamates (subject to hydrolysis) is 1. The number of nitrogens with two attached hydrogens (primary N) is 1. The van der Waals surface area contributed by atoms with Crippen LogP contribution in [-0.2, 0) is 4.74 Å². The normalized spacial score (nSPS) is 13.2. The highest BCUT2D eigenvalue weighted by Crippen LogP contribution is 2.07. The maximum atomic E-state index is 11.3. The molecule has 1 amide bonds. The van der Waals surface area contributed by atoms with Gasteiger partial charge in [0, 0.05) is 12.7 Å². The van der Waals surface area contributed by atoms with E-state index < -0.39 is 11.7 Å². The van der Waals surface area contributed by atoms with E-state index in [1.54, 1.807) is 33.3 Å². The topological polar surface area (TPSA) is 93.0 Å². The highest BCUT2D eigenvalue weighted by Gasteiger charge is 2.17. The van der Waals surface area contributed by atoms with Crippen LogP contribution in [0.3, 0.4) is 0 Å². The SMILES string of the molecule is CC(C)(C)OC(=O)NCC(N)c1cnc[nH]1. The zero-order chi connectivity index (χ0) is 12.2. The van der Waals surface area contributed by atoms with Crippen LogP contribution < -0.4 is 11.1 Å². The lowest BCUT2D eigenvalue weighted by Crippen LogP contribution is -2.36. The molecular formula is C10H18N4O2. The molecule has 0 aliphatic carbocycles. The molecule has 0 radical (unpaired) electrons. The zero-order valence-electron chi connectivity index (χ0n) is 9.78. The Bertz CT molecular complexity index is 329. The van der Waals surface area contributed by atoms with Gasteiger partial charge in [0.15, 0.2) is 0 Å². The summed E-state index contributed by atoms with van der Waals surface area (Å²) in [6.07, 6.45) is 2.70. The molecule has 1 aromatic heterocycles. The fraction of sp³-hybridized carbons (Fsp3) is 0.600. The Hall–Kier alpha value is -1.56. The van der Waals surface area contributed by atoms with Crippen LogP contribution in [0.5, 0.6) is 0 Å². The fourth-order valence-corrected chi connectivity index (χ4v) is 1.09. The number of amides is 1. The number of nitrogens with one attached hydrogen (secondary N) is 2. The van der Waals surface area contributed by atoms with Crippen molar-refractivity contribution in [3.63, 3.8) is 0 Å². The quantitative estimate of drug-likeness (QED) is 0.715. The van der Waals surface area contributed by atoms with Crippen LogP contribution in [0, 0.1) is 0 Å². The summed E-state index contributed by atoms with van der Waals surface area (Å²) in [7, 11) is 0. The van der Waals surface area contributed by atoms with Crippen LogP contribution >= 0.6 is 0 Å². The van der Waals surface area contributed by atoms with Crippen molar-refractivity contribution < 1.29 is 9.53 Å². The Morgan fingerprint density at radius 2 is 2.38 bits per heavy atom. The van der Waals surface area contributed by atoms with E-state index in [4.69, 9.17) is 10.5 Å². The van der Waals surface area contributed by atoms with Crippen molar-refractivity contribution in [3.05, 3.63) is 18.2 Å². The van der Waals surface area contributed by atoms with Gasteiger partial charge < -0.3 is 20.8 Å². The summed E-state index contributed by atoms with van der Waals surface area (Å²) in [6, 6.07) is -0.310. The Kier molecular flexibility index (Phi) is 3.89. The molecule has 16 heavy (non-hydrogen) atoms. The predicted molar refractivity (Wildman–Crippen MR) is 59.8 cm³/mol. The second kappa shape index (κ2) is 4.98. The van der Waals surface area contributed by atoms with E-state index in [2.05, 4.69) is 15.3 Å². The first-order valence-corrected chi connectivity index (χ1v) is 5.09. The maximum Gasteiger partial charge on any atom is 0.407 e. The first kappa shape index (κ1) is 12.5.